The van der Waals surface area contributed by atoms with Gasteiger partial charge in [-0.3, -0.25) is 0 Å². The first-order chi connectivity index (χ1) is 5.25. The van der Waals surface area contributed by atoms with E-state index in [0.29, 0.717) is 13.1 Å². The van der Waals surface area contributed by atoms with Crippen molar-refractivity contribution < 1.29 is 9.90 Å². The Morgan fingerprint density at radius 2 is 2.42 bits per heavy atom. The molecule has 0 aromatic carbocycles. The van der Waals surface area contributed by atoms with Crippen LogP contribution in [0.1, 0.15) is 10.5 Å². The first-order valence-electron chi connectivity index (χ1n) is 3.19. The van der Waals surface area contributed by atoms with E-state index in [4.69, 9.17) is 10.8 Å². The Bertz CT molecular complexity index is 261. The van der Waals surface area contributed by atoms with Crippen molar-refractivity contribution in [2.24, 2.45) is 5.73 Å². The highest BCUT2D eigenvalue weighted by molar-refractivity contribution is 5.85. The van der Waals surface area contributed by atoms with Gasteiger partial charge in [-0.25, -0.2) is 9.78 Å². The van der Waals surface area contributed by atoms with Crippen LogP contribution in [0.4, 0.5) is 0 Å². The quantitative estimate of drug-likeness (QED) is 0.703. The summed E-state index contributed by atoms with van der Waals surface area (Å²) in [5.74, 6) is -0.976. The van der Waals surface area contributed by atoms with Crippen LogP contribution in [0.25, 0.3) is 0 Å². The van der Waals surface area contributed by atoms with E-state index < -0.39 is 5.97 Å². The molecule has 0 fully saturated rings. The molecule has 0 amide bonds. The highest BCUT2D eigenvalue weighted by Gasteiger charge is 2.07. The Hall–Kier alpha value is -1.07. The maximum atomic E-state index is 10.5. The van der Waals surface area contributed by atoms with Gasteiger partial charge in [-0.2, -0.15) is 0 Å². The average Bonchev–Trinajstić information content (AvgIpc) is 2.36. The molecule has 0 aliphatic heterocycles. The van der Waals surface area contributed by atoms with Gasteiger partial charge in [0.1, 0.15) is 5.69 Å². The van der Waals surface area contributed by atoms with E-state index in [9.17, 15) is 4.79 Å². The van der Waals surface area contributed by atoms with Crippen molar-refractivity contribution in [1.29, 1.82) is 0 Å². The molecule has 1 heterocycles. The van der Waals surface area contributed by atoms with E-state index in [1.807, 2.05) is 0 Å². The molecular weight excluding hydrogens is 182 g/mol. The van der Waals surface area contributed by atoms with Crippen LogP contribution in [-0.2, 0) is 6.54 Å². The third-order valence-electron chi connectivity index (χ3n) is 1.30. The van der Waals surface area contributed by atoms with Gasteiger partial charge in [0.05, 0.1) is 12.5 Å². The summed E-state index contributed by atoms with van der Waals surface area (Å²) in [7, 11) is 0. The zero-order chi connectivity index (χ0) is 8.27. The number of aromatic carboxylic acids is 1. The summed E-state index contributed by atoms with van der Waals surface area (Å²) >= 11 is 0. The van der Waals surface area contributed by atoms with Crippen LogP contribution in [0.5, 0.6) is 0 Å². The first kappa shape index (κ1) is 10.9. The van der Waals surface area contributed by atoms with Crippen molar-refractivity contribution in [2.45, 2.75) is 6.54 Å². The largest absolute Gasteiger partial charge is 0.477 e. The molecule has 0 unspecified atom stereocenters. The smallest absolute Gasteiger partial charge is 0.354 e. The number of nitrogens with two attached hydrogens (primary N) is 1. The number of hydrogen-bond acceptors (Lipinski definition) is 3. The minimum absolute atomic E-state index is 0. The minimum Gasteiger partial charge on any atom is -0.477 e. The third kappa shape index (κ3) is 2.21. The number of carboxylic acids is 1. The standard InChI is InChI=1S/C6H9N3O2.ClH/c7-1-2-9-4-8-3-5(9)6(10)11;/h3-4H,1-2,7H2,(H,10,11);1H. The normalized spacial score (nSPS) is 9.08. The van der Waals surface area contributed by atoms with Crippen LogP contribution >= 0.6 is 12.4 Å². The van der Waals surface area contributed by atoms with Gasteiger partial charge in [-0.05, 0) is 0 Å². The van der Waals surface area contributed by atoms with E-state index in [2.05, 4.69) is 4.98 Å². The molecule has 0 spiro atoms. The van der Waals surface area contributed by atoms with Gasteiger partial charge < -0.3 is 15.4 Å². The molecule has 0 saturated heterocycles. The molecule has 0 aliphatic carbocycles. The molecule has 1 rings (SSSR count). The summed E-state index contributed by atoms with van der Waals surface area (Å²) in [4.78, 5) is 14.1. The Labute approximate surface area is 75.6 Å². The lowest BCUT2D eigenvalue weighted by Gasteiger charge is -2.00. The monoisotopic (exact) mass is 191 g/mol. The molecule has 1 aromatic heterocycles. The van der Waals surface area contributed by atoms with Crippen molar-refractivity contribution in [3.63, 3.8) is 0 Å². The van der Waals surface area contributed by atoms with Crippen LogP contribution < -0.4 is 5.73 Å². The third-order valence-corrected chi connectivity index (χ3v) is 1.30. The molecule has 0 radical (unpaired) electrons. The Morgan fingerprint density at radius 3 is 2.92 bits per heavy atom. The molecule has 1 aromatic rings. The van der Waals surface area contributed by atoms with Gasteiger partial charge in [-0.1, -0.05) is 0 Å². The minimum atomic E-state index is -0.976. The summed E-state index contributed by atoms with van der Waals surface area (Å²) < 4.78 is 1.50. The summed E-state index contributed by atoms with van der Waals surface area (Å²) in [6.45, 7) is 0.901. The van der Waals surface area contributed by atoms with Crippen LogP contribution in [0.15, 0.2) is 12.5 Å². The van der Waals surface area contributed by atoms with E-state index in [1.54, 1.807) is 0 Å². The maximum absolute atomic E-state index is 10.5. The van der Waals surface area contributed by atoms with E-state index in [-0.39, 0.29) is 18.1 Å². The molecule has 5 nitrogen and oxygen atoms in total. The summed E-state index contributed by atoms with van der Waals surface area (Å²) in [5.41, 5.74) is 5.42. The van der Waals surface area contributed by atoms with Crippen molar-refractivity contribution in [2.75, 3.05) is 6.54 Å². The van der Waals surface area contributed by atoms with E-state index >= 15 is 0 Å². The number of aromatic nitrogens is 2. The molecule has 0 saturated carbocycles. The van der Waals surface area contributed by atoms with Crippen molar-refractivity contribution in [1.82, 2.24) is 9.55 Å². The van der Waals surface area contributed by atoms with Crippen molar-refractivity contribution in [3.05, 3.63) is 18.2 Å². The first-order valence-corrected chi connectivity index (χ1v) is 3.19. The number of halogens is 1. The fraction of sp³-hybridized carbons (Fsp3) is 0.333. The Morgan fingerprint density at radius 1 is 1.75 bits per heavy atom. The lowest BCUT2D eigenvalue weighted by molar-refractivity contribution is 0.0685. The predicted molar refractivity (Wildman–Crippen MR) is 45.5 cm³/mol. The SMILES string of the molecule is Cl.NCCn1cncc1C(=O)O. The molecule has 12 heavy (non-hydrogen) atoms. The predicted octanol–water partition coefficient (Wildman–Crippen LogP) is -0.0382. The second-order valence-electron chi connectivity index (χ2n) is 2.07. The second-order valence-corrected chi connectivity index (χ2v) is 2.07. The van der Waals surface area contributed by atoms with Crippen molar-refractivity contribution >= 4 is 18.4 Å². The summed E-state index contributed by atoms with van der Waals surface area (Å²) in [6.07, 6.45) is 2.76. The lowest BCUT2D eigenvalue weighted by Crippen LogP contribution is -2.13. The number of rotatable bonds is 3. The van der Waals surface area contributed by atoms with Gasteiger partial charge in [0.2, 0.25) is 0 Å². The molecule has 0 aliphatic rings. The van der Waals surface area contributed by atoms with Crippen LogP contribution in [-0.4, -0.2) is 27.2 Å². The zero-order valence-electron chi connectivity index (χ0n) is 6.30. The fourth-order valence-electron chi connectivity index (χ4n) is 0.816. The summed E-state index contributed by atoms with van der Waals surface area (Å²) in [6, 6.07) is 0. The molecule has 0 atom stereocenters. The van der Waals surface area contributed by atoms with E-state index in [1.165, 1.54) is 17.1 Å². The van der Waals surface area contributed by atoms with Crippen LogP contribution in [0.2, 0.25) is 0 Å². The molecule has 3 N–H and O–H groups in total. The number of carboxylic acid groups (broad SMARTS) is 1. The fourth-order valence-corrected chi connectivity index (χ4v) is 0.816. The molecule has 68 valence electrons. The molecule has 6 heteroatoms. The van der Waals surface area contributed by atoms with Gasteiger partial charge in [0.15, 0.2) is 0 Å². The maximum Gasteiger partial charge on any atom is 0.354 e. The number of carbonyl (C=O) groups is 1. The van der Waals surface area contributed by atoms with Gasteiger partial charge >= 0.3 is 5.97 Å². The average molecular weight is 192 g/mol. The number of hydrogen-bond donors (Lipinski definition) is 2. The van der Waals surface area contributed by atoms with Crippen LogP contribution in [0, 0.1) is 0 Å². The van der Waals surface area contributed by atoms with Crippen molar-refractivity contribution in [3.8, 4) is 0 Å². The molecular formula is C6H10ClN3O2. The highest BCUT2D eigenvalue weighted by atomic mass is 35.5. The second kappa shape index (κ2) is 4.74. The van der Waals surface area contributed by atoms with Gasteiger partial charge in [-0.15, -0.1) is 12.4 Å². The molecule has 0 bridgehead atoms. The topological polar surface area (TPSA) is 81.1 Å². The number of nitrogens with zero attached hydrogens (tertiary/aromatic N) is 2. The van der Waals surface area contributed by atoms with Gasteiger partial charge in [0.25, 0.3) is 0 Å². The van der Waals surface area contributed by atoms with Gasteiger partial charge in [0, 0.05) is 13.1 Å². The summed E-state index contributed by atoms with van der Waals surface area (Å²) in [5, 5.41) is 8.58. The highest BCUT2D eigenvalue weighted by Crippen LogP contribution is 1.97. The zero-order valence-corrected chi connectivity index (χ0v) is 7.12. The lowest BCUT2D eigenvalue weighted by atomic mass is 10.4. The Kier molecular flexibility index (Phi) is 4.31. The number of imidazole rings is 1. The Balaban J connectivity index is 0.00000121. The van der Waals surface area contributed by atoms with Crippen LogP contribution in [0.3, 0.4) is 0 Å². The van der Waals surface area contributed by atoms with E-state index in [0.717, 1.165) is 0 Å².